The highest BCUT2D eigenvalue weighted by Gasteiger charge is 2.37. The Morgan fingerprint density at radius 1 is 0.342 bits per heavy atom. The van der Waals surface area contributed by atoms with Gasteiger partial charge in [0.15, 0.2) is 5.69 Å². The number of rotatable bonds is 6. The van der Waals surface area contributed by atoms with Gasteiger partial charge < -0.3 is 9.13 Å². The summed E-state index contributed by atoms with van der Waals surface area (Å²) in [6, 6.07) is 48.3. The fourth-order valence-corrected chi connectivity index (χ4v) is 10.3. The van der Waals surface area contributed by atoms with Gasteiger partial charge in [-0.05, 0) is 150 Å². The second-order valence-corrected chi connectivity index (χ2v) is 18.5. The normalized spacial score (nSPS) is 12.4. The number of fused-ring (bicyclic) bond motifs is 6. The van der Waals surface area contributed by atoms with Crippen LogP contribution in [0, 0.1) is 27.3 Å². The van der Waals surface area contributed by atoms with E-state index in [1.54, 1.807) is 49.4 Å². The van der Waals surface area contributed by atoms with Gasteiger partial charge in [-0.2, -0.15) is 39.5 Å². The van der Waals surface area contributed by atoms with Gasteiger partial charge in [0.2, 0.25) is 0 Å². The maximum atomic E-state index is 14.4. The Morgan fingerprint density at radius 3 is 1.29 bits per heavy atom. The Labute approximate surface area is 412 Å². The molecule has 0 saturated heterocycles. The molecule has 360 valence electrons. The first-order valence-electron chi connectivity index (χ1n) is 23.0. The number of aromatic nitrogens is 2. The zero-order chi connectivity index (χ0) is 51.3. The highest BCUT2D eigenvalue weighted by molar-refractivity contribution is 6.13. The Bertz CT molecular complexity index is 4050. The van der Waals surface area contributed by atoms with Crippen molar-refractivity contribution in [3.63, 3.8) is 0 Å². The lowest BCUT2D eigenvalue weighted by Crippen LogP contribution is -2.11. The summed E-state index contributed by atoms with van der Waals surface area (Å²) in [6.07, 6.45) is -14.7. The number of benzene rings is 9. The van der Waals surface area contributed by atoms with Crippen LogP contribution in [0.5, 0.6) is 0 Å². The molecule has 3 nitrogen and oxygen atoms in total. The molecule has 0 bridgehead atoms. The van der Waals surface area contributed by atoms with Gasteiger partial charge in [0.1, 0.15) is 0 Å². The van der Waals surface area contributed by atoms with Gasteiger partial charge in [0.25, 0.3) is 0 Å². The van der Waals surface area contributed by atoms with Gasteiger partial charge in [-0.3, -0.25) is 0 Å². The standard InChI is InChI=1S/C61H38F9N3/c1-34-21-35(2)23-40(22-34)37-14-19-56-51(29-37)48-10-6-8-12-54(48)73(56)58-31-39(42-27-44(60(65,66)67)32-45(28-42)61(68,69)70)13-17-49(58)52-33-46(71-4)16-20-57(52)72-53-11-7-5-9-47(53)50-30-38(15-18-55(50)72)41-24-36(3)25-43(26-41)59(62,63)64/h5-33H,1-3H3. The molecule has 73 heavy (non-hydrogen) atoms. The van der Waals surface area contributed by atoms with Crippen molar-refractivity contribution in [3.05, 3.63) is 221 Å². The quantitative estimate of drug-likeness (QED) is 0.116. The van der Waals surface area contributed by atoms with E-state index in [1.807, 2.05) is 95.8 Å². The van der Waals surface area contributed by atoms with E-state index in [-0.39, 0.29) is 22.9 Å². The van der Waals surface area contributed by atoms with E-state index in [9.17, 15) is 39.5 Å². The first-order valence-corrected chi connectivity index (χ1v) is 23.0. The van der Waals surface area contributed by atoms with Gasteiger partial charge >= 0.3 is 18.5 Å². The van der Waals surface area contributed by atoms with Crippen molar-refractivity contribution in [2.45, 2.75) is 39.3 Å². The Hall–Kier alpha value is -8.56. The van der Waals surface area contributed by atoms with Gasteiger partial charge in [-0.25, -0.2) is 4.85 Å². The SMILES string of the molecule is [C-]#[N+]c1ccc(-n2c3ccccc3c3cc(-c4cc(C)cc(C(F)(F)F)c4)ccc32)c(-c2ccc(-c3cc(C(F)(F)F)cc(C(F)(F)F)c3)cc2-n2c3ccccc3c3cc(-c4cc(C)cc(C)c4)ccc32)c1. The summed E-state index contributed by atoms with van der Waals surface area (Å²) in [7, 11) is 0. The number of para-hydroxylation sites is 2. The summed E-state index contributed by atoms with van der Waals surface area (Å²) in [4.78, 5) is 3.79. The smallest absolute Gasteiger partial charge is 0.309 e. The van der Waals surface area contributed by atoms with Crippen LogP contribution < -0.4 is 0 Å². The zero-order valence-electron chi connectivity index (χ0n) is 39.0. The number of hydrogen-bond donors (Lipinski definition) is 0. The van der Waals surface area contributed by atoms with Crippen LogP contribution in [0.2, 0.25) is 0 Å². The molecule has 0 aliphatic rings. The van der Waals surface area contributed by atoms with Crippen LogP contribution >= 0.6 is 0 Å². The molecule has 2 aromatic heterocycles. The molecule has 11 rings (SSSR count). The minimum atomic E-state index is -5.09. The summed E-state index contributed by atoms with van der Waals surface area (Å²) in [6.45, 7) is 13.8. The third-order valence-electron chi connectivity index (χ3n) is 13.4. The minimum Gasteiger partial charge on any atom is -0.309 e. The summed E-state index contributed by atoms with van der Waals surface area (Å²) in [5, 5.41) is 3.19. The molecule has 11 aromatic rings. The number of alkyl halides is 9. The minimum absolute atomic E-state index is 0.0743. The number of nitrogens with zero attached hydrogens (tertiary/aromatic N) is 3. The monoisotopic (exact) mass is 983 g/mol. The second-order valence-electron chi connectivity index (χ2n) is 18.5. The van der Waals surface area contributed by atoms with E-state index < -0.39 is 35.2 Å². The third kappa shape index (κ3) is 8.34. The highest BCUT2D eigenvalue weighted by Crippen LogP contribution is 2.46. The third-order valence-corrected chi connectivity index (χ3v) is 13.4. The molecule has 0 aliphatic carbocycles. The fraction of sp³-hybridized carbons (Fsp3) is 0.0984. The van der Waals surface area contributed by atoms with Crippen molar-refractivity contribution in [1.82, 2.24) is 9.13 Å². The Kier molecular flexibility index (Phi) is 10.9. The number of halogens is 9. The molecule has 0 saturated carbocycles. The molecule has 2 heterocycles. The lowest BCUT2D eigenvalue weighted by Gasteiger charge is -2.21. The lowest BCUT2D eigenvalue weighted by molar-refractivity contribution is -0.143. The van der Waals surface area contributed by atoms with Crippen LogP contribution in [0.1, 0.15) is 33.4 Å². The predicted octanol–water partition coefficient (Wildman–Crippen LogP) is 19.1. The maximum absolute atomic E-state index is 14.4. The van der Waals surface area contributed by atoms with Crippen LogP contribution in [-0.4, -0.2) is 9.13 Å². The van der Waals surface area contributed by atoms with Crippen molar-refractivity contribution in [1.29, 1.82) is 0 Å². The van der Waals surface area contributed by atoms with Crippen LogP contribution in [0.4, 0.5) is 45.2 Å². The number of hydrogen-bond acceptors (Lipinski definition) is 0. The van der Waals surface area contributed by atoms with E-state index in [4.69, 9.17) is 6.57 Å². The molecule has 12 heteroatoms. The van der Waals surface area contributed by atoms with Crippen LogP contribution in [0.25, 0.3) is 104 Å². The van der Waals surface area contributed by atoms with E-state index in [1.165, 1.54) is 6.07 Å². The van der Waals surface area contributed by atoms with Crippen molar-refractivity contribution < 1.29 is 39.5 Å². The first-order chi connectivity index (χ1) is 34.7. The van der Waals surface area contributed by atoms with E-state index >= 15 is 0 Å². The summed E-state index contributed by atoms with van der Waals surface area (Å²) >= 11 is 0. The topological polar surface area (TPSA) is 14.2 Å². The molecule has 0 N–H and O–H groups in total. The van der Waals surface area contributed by atoms with Crippen LogP contribution in [0.3, 0.4) is 0 Å². The first kappa shape index (κ1) is 46.8. The van der Waals surface area contributed by atoms with Gasteiger partial charge in [-0.1, -0.05) is 102 Å². The summed E-state index contributed by atoms with van der Waals surface area (Å²) in [5.74, 6) is 0. The summed E-state index contributed by atoms with van der Waals surface area (Å²) in [5.41, 5.74) is 6.60. The lowest BCUT2D eigenvalue weighted by atomic mass is 9.94. The number of aryl methyl sites for hydroxylation is 3. The van der Waals surface area contributed by atoms with Crippen molar-refractivity contribution in [2.24, 2.45) is 0 Å². The molecule has 0 unspecified atom stereocenters. The Morgan fingerprint density at radius 2 is 0.767 bits per heavy atom. The van der Waals surface area contributed by atoms with Gasteiger partial charge in [0, 0.05) is 27.1 Å². The molecule has 9 aromatic carbocycles. The molecule has 0 atom stereocenters. The van der Waals surface area contributed by atoms with E-state index in [2.05, 4.69) is 29.1 Å². The largest absolute Gasteiger partial charge is 0.416 e. The predicted molar refractivity (Wildman–Crippen MR) is 272 cm³/mol. The van der Waals surface area contributed by atoms with Crippen molar-refractivity contribution >= 4 is 49.3 Å². The highest BCUT2D eigenvalue weighted by atomic mass is 19.4. The van der Waals surface area contributed by atoms with E-state index in [0.717, 1.165) is 61.4 Å². The van der Waals surface area contributed by atoms with Gasteiger partial charge in [-0.15, -0.1) is 0 Å². The molecular weight excluding hydrogens is 946 g/mol. The van der Waals surface area contributed by atoms with E-state index in [0.29, 0.717) is 67.9 Å². The molecule has 0 aliphatic heterocycles. The maximum Gasteiger partial charge on any atom is 0.416 e. The summed E-state index contributed by atoms with van der Waals surface area (Å²) < 4.78 is 133. The Balaban J connectivity index is 1.21. The van der Waals surface area contributed by atoms with Crippen LogP contribution in [-0.2, 0) is 18.5 Å². The van der Waals surface area contributed by atoms with Crippen molar-refractivity contribution in [2.75, 3.05) is 0 Å². The molecular formula is C61H38F9N3. The molecule has 0 radical (unpaired) electrons. The fourth-order valence-electron chi connectivity index (χ4n) is 10.3. The average Bonchev–Trinajstić information content (AvgIpc) is 3.86. The molecule has 0 amide bonds. The van der Waals surface area contributed by atoms with Crippen molar-refractivity contribution in [3.8, 4) is 55.9 Å². The average molecular weight is 984 g/mol. The second kappa shape index (κ2) is 17.1. The zero-order valence-corrected chi connectivity index (χ0v) is 39.0. The molecule has 0 spiro atoms. The van der Waals surface area contributed by atoms with Gasteiger partial charge in [0.05, 0.1) is 56.7 Å². The molecule has 0 fully saturated rings. The van der Waals surface area contributed by atoms with Crippen LogP contribution in [0.15, 0.2) is 176 Å².